The molecule has 1 fully saturated rings. The summed E-state index contributed by atoms with van der Waals surface area (Å²) in [4.78, 5) is 11.2. The molecule has 1 aromatic carbocycles. The number of ether oxygens (including phenoxy) is 1. The molecule has 1 amide bonds. The molecule has 1 aliphatic rings. The van der Waals surface area contributed by atoms with Crippen molar-refractivity contribution in [1.82, 2.24) is 5.32 Å². The van der Waals surface area contributed by atoms with E-state index in [0.29, 0.717) is 18.7 Å². The normalized spacial score (nSPS) is 23.9. The van der Waals surface area contributed by atoms with Crippen molar-refractivity contribution in [3.05, 3.63) is 41.0 Å². The lowest BCUT2D eigenvalue weighted by Crippen LogP contribution is -2.55. The standard InChI is InChI=1S/C12H13ClFN2O2/c13-8-2-1-7(5-9(8)14)6-10-11(12(15)17)16-3-4-18-10/h1-2,5-6,10-11,16H,3-4H2,(H2,15,17). The van der Waals surface area contributed by atoms with E-state index in [2.05, 4.69) is 5.32 Å². The monoisotopic (exact) mass is 271 g/mol. The molecule has 2 unspecified atom stereocenters. The van der Waals surface area contributed by atoms with Crippen LogP contribution >= 0.6 is 11.6 Å². The van der Waals surface area contributed by atoms with Crippen LogP contribution in [0.1, 0.15) is 5.56 Å². The zero-order chi connectivity index (χ0) is 13.1. The second-order valence-electron chi connectivity index (χ2n) is 4.01. The summed E-state index contributed by atoms with van der Waals surface area (Å²) in [5, 5.41) is 3.02. The highest BCUT2D eigenvalue weighted by molar-refractivity contribution is 6.30. The molecule has 0 spiro atoms. The smallest absolute Gasteiger partial charge is 0.237 e. The zero-order valence-corrected chi connectivity index (χ0v) is 10.3. The third-order valence-electron chi connectivity index (χ3n) is 2.71. The van der Waals surface area contributed by atoms with Crippen molar-refractivity contribution in [2.75, 3.05) is 13.2 Å². The Balaban J connectivity index is 2.10. The van der Waals surface area contributed by atoms with Crippen LogP contribution in [0.3, 0.4) is 0 Å². The molecule has 0 bridgehead atoms. The summed E-state index contributed by atoms with van der Waals surface area (Å²) in [6.45, 7) is 1.04. The first-order chi connectivity index (χ1) is 8.58. The number of amides is 1. The number of carbonyl (C=O) groups excluding carboxylic acids is 1. The zero-order valence-electron chi connectivity index (χ0n) is 9.53. The topological polar surface area (TPSA) is 64.4 Å². The van der Waals surface area contributed by atoms with E-state index in [0.717, 1.165) is 0 Å². The van der Waals surface area contributed by atoms with E-state index in [9.17, 15) is 9.18 Å². The van der Waals surface area contributed by atoms with Crippen LogP contribution in [0, 0.1) is 12.2 Å². The summed E-state index contributed by atoms with van der Waals surface area (Å²) in [6, 6.07) is 3.80. The molecule has 1 aliphatic heterocycles. The summed E-state index contributed by atoms with van der Waals surface area (Å²) in [6.07, 6.45) is 1.15. The number of nitrogens with two attached hydrogens (primary N) is 1. The maximum atomic E-state index is 13.3. The van der Waals surface area contributed by atoms with Gasteiger partial charge in [0.05, 0.1) is 17.7 Å². The first-order valence-electron chi connectivity index (χ1n) is 5.52. The van der Waals surface area contributed by atoms with E-state index in [1.165, 1.54) is 12.1 Å². The Labute approximate surface area is 109 Å². The fraction of sp³-hybridized carbons (Fsp3) is 0.333. The molecular weight excluding hydrogens is 259 g/mol. The van der Waals surface area contributed by atoms with Gasteiger partial charge in [0.15, 0.2) is 0 Å². The molecule has 1 radical (unpaired) electrons. The quantitative estimate of drug-likeness (QED) is 0.858. The van der Waals surface area contributed by atoms with Crippen molar-refractivity contribution in [2.45, 2.75) is 12.1 Å². The SMILES string of the molecule is NC(=O)C1NCCOC1[CH]c1ccc(Cl)c(F)c1. The van der Waals surface area contributed by atoms with Crippen LogP contribution in [0.25, 0.3) is 0 Å². The van der Waals surface area contributed by atoms with Crippen LogP contribution in [0.15, 0.2) is 18.2 Å². The Hall–Kier alpha value is -1.17. The number of morpholine rings is 1. The Bertz CT molecular complexity index is 456. The predicted octanol–water partition coefficient (Wildman–Crippen LogP) is 0.874. The number of halogens is 2. The summed E-state index contributed by atoms with van der Waals surface area (Å²) in [5.41, 5.74) is 5.86. The van der Waals surface area contributed by atoms with Crippen LogP contribution in [0.5, 0.6) is 0 Å². The first-order valence-corrected chi connectivity index (χ1v) is 5.90. The maximum Gasteiger partial charge on any atom is 0.237 e. The van der Waals surface area contributed by atoms with Crippen LogP contribution in [-0.2, 0) is 9.53 Å². The van der Waals surface area contributed by atoms with Crippen molar-refractivity contribution in [3.63, 3.8) is 0 Å². The third kappa shape index (κ3) is 2.98. The molecule has 2 rings (SSSR count). The molecule has 97 valence electrons. The van der Waals surface area contributed by atoms with E-state index in [1.807, 2.05) is 0 Å². The summed E-state index contributed by atoms with van der Waals surface area (Å²) in [5.74, 6) is -1.00. The van der Waals surface area contributed by atoms with Crippen molar-refractivity contribution in [2.24, 2.45) is 5.73 Å². The van der Waals surface area contributed by atoms with E-state index in [4.69, 9.17) is 22.1 Å². The number of primary amides is 1. The second kappa shape index (κ2) is 5.65. The molecule has 0 saturated carbocycles. The van der Waals surface area contributed by atoms with Gasteiger partial charge >= 0.3 is 0 Å². The van der Waals surface area contributed by atoms with Gasteiger partial charge < -0.3 is 15.8 Å². The molecule has 0 aliphatic carbocycles. The van der Waals surface area contributed by atoms with E-state index in [-0.39, 0.29) is 5.02 Å². The molecule has 3 N–H and O–H groups in total. The molecule has 2 atom stereocenters. The van der Waals surface area contributed by atoms with Gasteiger partial charge in [-0.3, -0.25) is 4.79 Å². The highest BCUT2D eigenvalue weighted by atomic mass is 35.5. The minimum atomic E-state index is -0.600. The van der Waals surface area contributed by atoms with Crippen molar-refractivity contribution in [3.8, 4) is 0 Å². The Morgan fingerprint density at radius 2 is 2.39 bits per heavy atom. The van der Waals surface area contributed by atoms with Crippen LogP contribution in [0.2, 0.25) is 5.02 Å². The molecule has 0 aromatic heterocycles. The molecule has 6 heteroatoms. The molecule has 1 aromatic rings. The molecule has 1 heterocycles. The number of nitrogens with one attached hydrogen (secondary N) is 1. The lowest BCUT2D eigenvalue weighted by molar-refractivity contribution is -0.125. The molecule has 4 nitrogen and oxygen atoms in total. The maximum absolute atomic E-state index is 13.3. The highest BCUT2D eigenvalue weighted by Crippen LogP contribution is 2.20. The van der Waals surface area contributed by atoms with Gasteiger partial charge in [0, 0.05) is 13.0 Å². The van der Waals surface area contributed by atoms with Gasteiger partial charge in [0.2, 0.25) is 5.91 Å². The van der Waals surface area contributed by atoms with Crippen molar-refractivity contribution < 1.29 is 13.9 Å². The van der Waals surface area contributed by atoms with Crippen LogP contribution in [-0.4, -0.2) is 31.2 Å². The number of rotatable bonds is 3. The highest BCUT2D eigenvalue weighted by Gasteiger charge is 2.30. The summed E-state index contributed by atoms with van der Waals surface area (Å²) < 4.78 is 18.7. The second-order valence-corrected chi connectivity index (χ2v) is 4.42. The fourth-order valence-electron chi connectivity index (χ4n) is 1.83. The van der Waals surface area contributed by atoms with Gasteiger partial charge in [-0.05, 0) is 17.7 Å². The summed E-state index contributed by atoms with van der Waals surface area (Å²) in [7, 11) is 0. The Morgan fingerprint density at radius 1 is 1.61 bits per heavy atom. The Morgan fingerprint density at radius 3 is 3.06 bits per heavy atom. The largest absolute Gasteiger partial charge is 0.374 e. The predicted molar refractivity (Wildman–Crippen MR) is 65.5 cm³/mol. The average Bonchev–Trinajstić information content (AvgIpc) is 2.34. The first kappa shape index (κ1) is 13.3. The summed E-state index contributed by atoms with van der Waals surface area (Å²) >= 11 is 5.60. The van der Waals surface area contributed by atoms with Crippen molar-refractivity contribution >= 4 is 17.5 Å². The van der Waals surface area contributed by atoms with E-state index in [1.54, 1.807) is 12.5 Å². The minimum Gasteiger partial charge on any atom is -0.374 e. The fourth-order valence-corrected chi connectivity index (χ4v) is 1.95. The van der Waals surface area contributed by atoms with Gasteiger partial charge in [0.25, 0.3) is 0 Å². The van der Waals surface area contributed by atoms with Crippen LogP contribution < -0.4 is 11.1 Å². The lowest BCUT2D eigenvalue weighted by atomic mass is 10.00. The number of hydrogen-bond acceptors (Lipinski definition) is 3. The number of carbonyl (C=O) groups is 1. The molecular formula is C12H13ClFN2O2. The Kier molecular flexibility index (Phi) is 4.16. The van der Waals surface area contributed by atoms with E-state index < -0.39 is 23.9 Å². The van der Waals surface area contributed by atoms with Gasteiger partial charge in [-0.15, -0.1) is 0 Å². The lowest BCUT2D eigenvalue weighted by Gasteiger charge is -2.30. The molecule has 1 saturated heterocycles. The average molecular weight is 272 g/mol. The third-order valence-corrected chi connectivity index (χ3v) is 3.02. The number of hydrogen-bond donors (Lipinski definition) is 2. The van der Waals surface area contributed by atoms with Gasteiger partial charge in [-0.1, -0.05) is 17.7 Å². The number of benzene rings is 1. The van der Waals surface area contributed by atoms with Gasteiger partial charge in [0.1, 0.15) is 11.9 Å². The minimum absolute atomic E-state index is 0.0567. The van der Waals surface area contributed by atoms with Crippen molar-refractivity contribution in [1.29, 1.82) is 0 Å². The van der Waals surface area contributed by atoms with E-state index >= 15 is 0 Å². The van der Waals surface area contributed by atoms with Crippen LogP contribution in [0.4, 0.5) is 4.39 Å². The van der Waals surface area contributed by atoms with Gasteiger partial charge in [-0.25, -0.2) is 4.39 Å². The van der Waals surface area contributed by atoms with Gasteiger partial charge in [-0.2, -0.15) is 0 Å². The molecule has 18 heavy (non-hydrogen) atoms.